The van der Waals surface area contributed by atoms with Gasteiger partial charge in [-0.05, 0) is 67.9 Å². The molecule has 1 aromatic carbocycles. The summed E-state index contributed by atoms with van der Waals surface area (Å²) in [6, 6.07) is 8.00. The molecule has 2 aliphatic rings. The Labute approximate surface area is 216 Å². The van der Waals surface area contributed by atoms with Gasteiger partial charge in [-0.3, -0.25) is 14.6 Å². The van der Waals surface area contributed by atoms with Crippen molar-refractivity contribution in [1.29, 1.82) is 0 Å². The van der Waals surface area contributed by atoms with E-state index in [-0.39, 0.29) is 24.3 Å². The van der Waals surface area contributed by atoms with Crippen molar-refractivity contribution >= 4 is 35.5 Å². The van der Waals surface area contributed by atoms with Crippen LogP contribution >= 0.6 is 11.6 Å². The van der Waals surface area contributed by atoms with Crippen LogP contribution in [0.5, 0.6) is 0 Å². The number of halogens is 1. The lowest BCUT2D eigenvalue weighted by Crippen LogP contribution is -2.46. The molecule has 2 aliphatic heterocycles. The fourth-order valence-electron chi connectivity index (χ4n) is 4.70. The summed E-state index contributed by atoms with van der Waals surface area (Å²) in [5.74, 6) is -0.844. The Morgan fingerprint density at radius 2 is 1.89 bits per heavy atom. The summed E-state index contributed by atoms with van der Waals surface area (Å²) < 4.78 is 5.53. The number of aromatic nitrogens is 1. The molecule has 2 aromatic rings. The van der Waals surface area contributed by atoms with Gasteiger partial charge in [-0.2, -0.15) is 0 Å². The number of benzene rings is 1. The summed E-state index contributed by atoms with van der Waals surface area (Å²) in [7, 11) is 0. The van der Waals surface area contributed by atoms with Gasteiger partial charge in [-0.25, -0.2) is 4.79 Å². The maximum Gasteiger partial charge on any atom is 0.328 e. The molecule has 1 aromatic heterocycles. The van der Waals surface area contributed by atoms with Gasteiger partial charge < -0.3 is 15.0 Å². The zero-order valence-corrected chi connectivity index (χ0v) is 21.1. The van der Waals surface area contributed by atoms with E-state index in [1.807, 2.05) is 24.3 Å². The minimum atomic E-state index is -0.810. The first kappa shape index (κ1) is 25.9. The Kier molecular flexibility index (Phi) is 9.11. The number of ether oxygens (including phenoxy) is 1. The minimum Gasteiger partial charge on any atom is -0.464 e. The zero-order chi connectivity index (χ0) is 25.3. The van der Waals surface area contributed by atoms with Crippen molar-refractivity contribution < 1.29 is 19.1 Å². The normalized spacial score (nSPS) is 23.0. The Morgan fingerprint density at radius 1 is 1.06 bits per heavy atom. The molecule has 0 saturated carbocycles. The quantitative estimate of drug-likeness (QED) is 0.598. The van der Waals surface area contributed by atoms with E-state index in [2.05, 4.69) is 16.4 Å². The van der Waals surface area contributed by atoms with Crippen LogP contribution in [0.4, 0.5) is 0 Å². The van der Waals surface area contributed by atoms with Crippen molar-refractivity contribution in [2.75, 3.05) is 13.2 Å². The highest BCUT2D eigenvalue weighted by atomic mass is 35.5. The zero-order valence-electron chi connectivity index (χ0n) is 20.3. The van der Waals surface area contributed by atoms with Gasteiger partial charge in [-0.1, -0.05) is 35.9 Å². The van der Waals surface area contributed by atoms with Crippen LogP contribution in [0.15, 0.2) is 48.8 Å². The molecule has 3 heterocycles. The number of hydrogen-bond donors (Lipinski definition) is 1. The molecule has 1 N–H and O–H groups in total. The number of rotatable bonds is 2. The van der Waals surface area contributed by atoms with E-state index in [0.717, 1.165) is 49.7 Å². The number of cyclic esters (lactones) is 1. The van der Waals surface area contributed by atoms with E-state index < -0.39 is 12.0 Å². The molecule has 190 valence electrons. The average molecular weight is 510 g/mol. The van der Waals surface area contributed by atoms with E-state index in [9.17, 15) is 14.4 Å². The molecule has 2 atom stereocenters. The monoisotopic (exact) mass is 509 g/mol. The Hall–Kier alpha value is -3.19. The van der Waals surface area contributed by atoms with Crippen molar-refractivity contribution in [3.05, 3.63) is 70.5 Å². The first-order valence-electron chi connectivity index (χ1n) is 12.6. The predicted molar refractivity (Wildman–Crippen MR) is 138 cm³/mol. The first-order chi connectivity index (χ1) is 17.5. The predicted octanol–water partition coefficient (Wildman–Crippen LogP) is 4.59. The molecule has 1 saturated heterocycles. The van der Waals surface area contributed by atoms with E-state index >= 15 is 0 Å². The molecule has 0 unspecified atom stereocenters. The van der Waals surface area contributed by atoms with Crippen molar-refractivity contribution in [3.8, 4) is 0 Å². The van der Waals surface area contributed by atoms with Gasteiger partial charge in [-0.15, -0.1) is 0 Å². The first-order valence-corrected chi connectivity index (χ1v) is 13.0. The van der Waals surface area contributed by atoms with Crippen LogP contribution in [-0.4, -0.2) is 52.9 Å². The molecule has 1 fully saturated rings. The Morgan fingerprint density at radius 3 is 2.72 bits per heavy atom. The summed E-state index contributed by atoms with van der Waals surface area (Å²) in [5, 5.41) is 3.47. The maximum atomic E-state index is 13.3. The molecule has 8 heteroatoms. The molecule has 36 heavy (non-hydrogen) atoms. The smallest absolute Gasteiger partial charge is 0.328 e. The number of hydrogen-bond acceptors (Lipinski definition) is 5. The number of esters is 1. The highest BCUT2D eigenvalue weighted by molar-refractivity contribution is 6.30. The van der Waals surface area contributed by atoms with Gasteiger partial charge in [0.2, 0.25) is 5.91 Å². The molecule has 0 radical (unpaired) electrons. The van der Waals surface area contributed by atoms with Gasteiger partial charge in [0.25, 0.3) is 5.91 Å². The number of carbonyl (C=O) groups is 3. The third-order valence-corrected chi connectivity index (χ3v) is 6.86. The highest BCUT2D eigenvalue weighted by Crippen LogP contribution is 2.23. The number of amides is 2. The van der Waals surface area contributed by atoms with E-state index in [4.69, 9.17) is 16.3 Å². The van der Waals surface area contributed by atoms with Crippen molar-refractivity contribution in [3.63, 3.8) is 0 Å². The number of nitrogens with one attached hydrogen (secondary N) is 1. The van der Waals surface area contributed by atoms with E-state index in [1.54, 1.807) is 29.4 Å². The number of fused-ring (bicyclic) bond motifs is 3. The van der Waals surface area contributed by atoms with Crippen molar-refractivity contribution in [2.24, 2.45) is 0 Å². The molecule has 0 aliphatic carbocycles. The number of allylic oxidation sites excluding steroid dienone is 1. The largest absolute Gasteiger partial charge is 0.464 e. The Bertz CT molecular complexity index is 1100. The molecule has 0 spiro atoms. The molecular weight excluding hydrogens is 478 g/mol. The van der Waals surface area contributed by atoms with Crippen LogP contribution in [0.1, 0.15) is 66.4 Å². The molecular formula is C28H32ClN3O4. The van der Waals surface area contributed by atoms with Crippen LogP contribution in [0.3, 0.4) is 0 Å². The topological polar surface area (TPSA) is 88.6 Å². The van der Waals surface area contributed by atoms with Crippen LogP contribution < -0.4 is 5.32 Å². The third-order valence-electron chi connectivity index (χ3n) is 6.61. The number of carbonyl (C=O) groups excluding carboxylic acids is 3. The maximum absolute atomic E-state index is 13.3. The van der Waals surface area contributed by atoms with Crippen molar-refractivity contribution in [1.82, 2.24) is 15.2 Å². The number of pyridine rings is 1. The lowest BCUT2D eigenvalue weighted by Gasteiger charge is -2.25. The van der Waals surface area contributed by atoms with Crippen LogP contribution in [0, 0.1) is 0 Å². The summed E-state index contributed by atoms with van der Waals surface area (Å²) in [6.45, 7) is 0.902. The van der Waals surface area contributed by atoms with Crippen LogP contribution in [-0.2, 0) is 20.7 Å². The lowest BCUT2D eigenvalue weighted by molar-refractivity contribution is -0.148. The molecule has 4 rings (SSSR count). The highest BCUT2D eigenvalue weighted by Gasteiger charge is 2.32. The fourth-order valence-corrected chi connectivity index (χ4v) is 4.82. The standard InChI is InChI=1S/C28H32ClN3O4/c29-23-11-9-20(10-12-23)16-25-28(35)36-14-5-3-1-2-4-7-21-15-22(19-30-18-21)27(34)32-13-6-8-24(32)17-26(33)31-25/h4,7,9-12,15,18-19,24-25H,1-3,5-6,8,13-14,16-17H2,(H,31,33)/b7-4+/t24-,25-/m1/s1. The second-order valence-electron chi connectivity index (χ2n) is 9.38. The lowest BCUT2D eigenvalue weighted by atomic mass is 10.0. The summed E-state index contributed by atoms with van der Waals surface area (Å²) in [5.41, 5.74) is 2.27. The summed E-state index contributed by atoms with van der Waals surface area (Å²) >= 11 is 6.00. The SMILES string of the molecule is O=C1C[C@H]2CCCN2C(=O)c2cncc(c2)/C=C/CCCCCOC(=O)[C@@H](Cc2ccc(Cl)cc2)N1. The fraction of sp³-hybridized carbons (Fsp3) is 0.429. The number of nitrogens with zero attached hydrogens (tertiary/aromatic N) is 2. The molecule has 2 amide bonds. The van der Waals surface area contributed by atoms with Gasteiger partial charge in [0.1, 0.15) is 6.04 Å². The molecule has 2 bridgehead atoms. The van der Waals surface area contributed by atoms with Gasteiger partial charge in [0, 0.05) is 42.8 Å². The minimum absolute atomic E-state index is 0.122. The van der Waals surface area contributed by atoms with Crippen LogP contribution in [0.2, 0.25) is 5.02 Å². The van der Waals surface area contributed by atoms with Gasteiger partial charge in [0.15, 0.2) is 0 Å². The Balaban J connectivity index is 1.52. The van der Waals surface area contributed by atoms with E-state index in [1.165, 1.54) is 0 Å². The van der Waals surface area contributed by atoms with Gasteiger partial charge >= 0.3 is 5.97 Å². The second-order valence-corrected chi connectivity index (χ2v) is 9.81. The average Bonchev–Trinajstić information content (AvgIpc) is 3.33. The van der Waals surface area contributed by atoms with Crippen LogP contribution in [0.25, 0.3) is 6.08 Å². The molecule has 7 nitrogen and oxygen atoms in total. The van der Waals surface area contributed by atoms with Crippen molar-refractivity contribution in [2.45, 2.75) is 63.5 Å². The summed E-state index contributed by atoms with van der Waals surface area (Å²) in [6.07, 6.45) is 12.9. The van der Waals surface area contributed by atoms with Gasteiger partial charge in [0.05, 0.1) is 12.2 Å². The summed E-state index contributed by atoms with van der Waals surface area (Å²) in [4.78, 5) is 45.2. The second kappa shape index (κ2) is 12.7. The third kappa shape index (κ3) is 7.17. The van der Waals surface area contributed by atoms with E-state index in [0.29, 0.717) is 30.2 Å².